The van der Waals surface area contributed by atoms with Gasteiger partial charge in [-0.05, 0) is 43.0 Å². The van der Waals surface area contributed by atoms with Crippen molar-refractivity contribution in [1.29, 1.82) is 0 Å². The first kappa shape index (κ1) is 20.7. The van der Waals surface area contributed by atoms with E-state index >= 15 is 0 Å². The zero-order chi connectivity index (χ0) is 22.1. The number of nitrogens with zero attached hydrogens (tertiary/aromatic N) is 5. The molecule has 5 rings (SSSR count). The maximum atomic E-state index is 6.55. The zero-order valence-electron chi connectivity index (χ0n) is 17.7. The van der Waals surface area contributed by atoms with Crippen molar-refractivity contribution in [3.63, 3.8) is 0 Å². The van der Waals surface area contributed by atoms with E-state index in [-0.39, 0.29) is 5.82 Å². The van der Waals surface area contributed by atoms with E-state index in [1.165, 1.54) is 0 Å². The number of halogens is 1. The lowest BCUT2D eigenvalue weighted by atomic mass is 10.0. The van der Waals surface area contributed by atoms with Crippen molar-refractivity contribution in [2.45, 2.75) is 12.8 Å². The van der Waals surface area contributed by atoms with Gasteiger partial charge in [-0.15, -0.1) is 0 Å². The minimum Gasteiger partial charge on any atom is -0.475 e. The van der Waals surface area contributed by atoms with Gasteiger partial charge in [0, 0.05) is 43.6 Å². The summed E-state index contributed by atoms with van der Waals surface area (Å²) in [6.07, 6.45) is 5.49. The van der Waals surface area contributed by atoms with Crippen LogP contribution in [0.5, 0.6) is 5.88 Å². The van der Waals surface area contributed by atoms with Crippen LogP contribution < -0.4 is 10.5 Å². The number of rotatable bonds is 5. The molecule has 4 aromatic rings. The SMILES string of the molecule is Cn1ccc(-c2nc(N)c(OCC3CCOCC3)nc2-c2cc(Cl)c3ncccc3c2)n1. The fourth-order valence-electron chi connectivity index (χ4n) is 3.85. The largest absolute Gasteiger partial charge is 0.475 e. The number of benzene rings is 1. The Bertz CT molecular complexity index is 1270. The van der Waals surface area contributed by atoms with Crippen LogP contribution in [0.3, 0.4) is 0 Å². The smallest absolute Gasteiger partial charge is 0.257 e. The number of aryl methyl sites for hydroxylation is 1. The van der Waals surface area contributed by atoms with Gasteiger partial charge in [-0.25, -0.2) is 9.97 Å². The number of hydrogen-bond donors (Lipinski definition) is 1. The molecule has 2 N–H and O–H groups in total. The summed E-state index contributed by atoms with van der Waals surface area (Å²) in [6, 6.07) is 9.54. The quantitative estimate of drug-likeness (QED) is 0.487. The Morgan fingerprint density at radius 3 is 2.81 bits per heavy atom. The number of pyridine rings is 1. The van der Waals surface area contributed by atoms with Crippen LogP contribution in [0.25, 0.3) is 33.5 Å². The van der Waals surface area contributed by atoms with E-state index in [0.717, 1.165) is 42.5 Å². The van der Waals surface area contributed by atoms with Crippen molar-refractivity contribution in [3.8, 4) is 28.5 Å². The molecule has 0 amide bonds. The molecule has 0 radical (unpaired) electrons. The van der Waals surface area contributed by atoms with E-state index in [4.69, 9.17) is 31.8 Å². The second kappa shape index (κ2) is 8.72. The fraction of sp³-hybridized carbons (Fsp3) is 0.304. The van der Waals surface area contributed by atoms with Gasteiger partial charge in [-0.1, -0.05) is 17.7 Å². The molecular formula is C23H23ClN6O2. The van der Waals surface area contributed by atoms with Crippen LogP contribution >= 0.6 is 11.6 Å². The molecule has 0 saturated carbocycles. The summed E-state index contributed by atoms with van der Waals surface area (Å²) in [5.41, 5.74) is 9.62. The van der Waals surface area contributed by atoms with E-state index in [9.17, 15) is 0 Å². The van der Waals surface area contributed by atoms with Gasteiger partial charge in [0.1, 0.15) is 17.1 Å². The molecule has 0 unspecified atom stereocenters. The predicted molar refractivity (Wildman–Crippen MR) is 123 cm³/mol. The molecule has 0 aliphatic carbocycles. The van der Waals surface area contributed by atoms with Crippen LogP contribution in [0.2, 0.25) is 5.02 Å². The molecular weight excluding hydrogens is 428 g/mol. The third-order valence-corrected chi connectivity index (χ3v) is 5.86. The van der Waals surface area contributed by atoms with Gasteiger partial charge in [0.25, 0.3) is 5.88 Å². The van der Waals surface area contributed by atoms with Crippen molar-refractivity contribution < 1.29 is 9.47 Å². The van der Waals surface area contributed by atoms with Gasteiger partial charge in [0.15, 0.2) is 5.82 Å². The summed E-state index contributed by atoms with van der Waals surface area (Å²) in [6.45, 7) is 2.03. The van der Waals surface area contributed by atoms with Gasteiger partial charge in [-0.3, -0.25) is 9.67 Å². The van der Waals surface area contributed by atoms with Crippen molar-refractivity contribution in [3.05, 3.63) is 47.7 Å². The van der Waals surface area contributed by atoms with Crippen LogP contribution in [0.4, 0.5) is 5.82 Å². The molecule has 164 valence electrons. The highest BCUT2D eigenvalue weighted by Gasteiger charge is 2.21. The summed E-state index contributed by atoms with van der Waals surface area (Å²) < 4.78 is 13.2. The van der Waals surface area contributed by atoms with Crippen molar-refractivity contribution in [1.82, 2.24) is 24.7 Å². The van der Waals surface area contributed by atoms with Crippen LogP contribution in [-0.2, 0) is 11.8 Å². The third-order valence-electron chi connectivity index (χ3n) is 5.57. The van der Waals surface area contributed by atoms with Gasteiger partial charge in [0.05, 0.1) is 17.1 Å². The molecule has 4 heterocycles. The highest BCUT2D eigenvalue weighted by atomic mass is 35.5. The number of hydrogen-bond acceptors (Lipinski definition) is 7. The Labute approximate surface area is 190 Å². The number of aromatic nitrogens is 5. The molecule has 1 fully saturated rings. The molecule has 8 nitrogen and oxygen atoms in total. The normalized spacial score (nSPS) is 14.7. The molecule has 1 aliphatic rings. The van der Waals surface area contributed by atoms with Gasteiger partial charge in [0.2, 0.25) is 0 Å². The molecule has 0 atom stereocenters. The second-order valence-electron chi connectivity index (χ2n) is 7.89. The summed E-state index contributed by atoms with van der Waals surface area (Å²) in [5.74, 6) is 0.952. The Morgan fingerprint density at radius 2 is 2.03 bits per heavy atom. The number of nitrogen functional groups attached to an aromatic ring is 1. The molecule has 32 heavy (non-hydrogen) atoms. The molecule has 1 aliphatic heterocycles. The standard InChI is InChI=1S/C23H23ClN6O2/c1-30-8-4-18(29-30)21-20(16-11-15-3-2-7-26-19(15)17(24)12-16)28-23(22(25)27-21)32-13-14-5-9-31-10-6-14/h2-4,7-8,11-12,14H,5-6,9-10,13H2,1H3,(H2,25,27). The van der Waals surface area contributed by atoms with Crippen LogP contribution in [0.1, 0.15) is 12.8 Å². The minimum absolute atomic E-state index is 0.231. The summed E-state index contributed by atoms with van der Waals surface area (Å²) in [4.78, 5) is 13.8. The number of ether oxygens (including phenoxy) is 2. The van der Waals surface area contributed by atoms with E-state index in [2.05, 4.69) is 15.1 Å². The predicted octanol–water partition coefficient (Wildman–Crippen LogP) is 4.13. The number of fused-ring (bicyclic) bond motifs is 1. The molecule has 3 aromatic heterocycles. The average molecular weight is 451 g/mol. The van der Waals surface area contributed by atoms with Gasteiger partial charge < -0.3 is 15.2 Å². The summed E-state index contributed by atoms with van der Waals surface area (Å²) in [7, 11) is 1.85. The minimum atomic E-state index is 0.231. The maximum Gasteiger partial charge on any atom is 0.257 e. The Morgan fingerprint density at radius 1 is 1.19 bits per heavy atom. The first-order valence-electron chi connectivity index (χ1n) is 10.5. The molecule has 0 bridgehead atoms. The lowest BCUT2D eigenvalue weighted by molar-refractivity contribution is 0.0491. The first-order chi connectivity index (χ1) is 15.6. The van der Waals surface area contributed by atoms with Gasteiger partial charge in [-0.2, -0.15) is 5.10 Å². The number of nitrogens with two attached hydrogens (primary N) is 1. The average Bonchev–Trinajstić information content (AvgIpc) is 3.25. The van der Waals surface area contributed by atoms with Crippen molar-refractivity contribution in [2.24, 2.45) is 13.0 Å². The molecule has 1 saturated heterocycles. The lowest BCUT2D eigenvalue weighted by Crippen LogP contribution is -2.22. The van der Waals surface area contributed by atoms with Crippen LogP contribution in [0.15, 0.2) is 42.7 Å². The summed E-state index contributed by atoms with van der Waals surface area (Å²) >= 11 is 6.55. The first-order valence-corrected chi connectivity index (χ1v) is 10.9. The Hall–Kier alpha value is -3.23. The zero-order valence-corrected chi connectivity index (χ0v) is 18.4. The number of anilines is 1. The monoisotopic (exact) mass is 450 g/mol. The molecule has 0 spiro atoms. The van der Waals surface area contributed by atoms with E-state index in [1.807, 2.05) is 43.6 Å². The van der Waals surface area contributed by atoms with E-state index in [0.29, 0.717) is 40.5 Å². The fourth-order valence-corrected chi connectivity index (χ4v) is 4.13. The van der Waals surface area contributed by atoms with Crippen LogP contribution in [-0.4, -0.2) is 44.6 Å². The second-order valence-corrected chi connectivity index (χ2v) is 8.29. The van der Waals surface area contributed by atoms with E-state index in [1.54, 1.807) is 10.9 Å². The summed E-state index contributed by atoms with van der Waals surface area (Å²) in [5, 5.41) is 5.94. The maximum absolute atomic E-state index is 6.55. The Balaban J connectivity index is 1.59. The molecule has 1 aromatic carbocycles. The topological polar surface area (TPSA) is 101 Å². The van der Waals surface area contributed by atoms with Gasteiger partial charge >= 0.3 is 0 Å². The molecule has 9 heteroatoms. The Kier molecular flexibility index (Phi) is 5.63. The lowest BCUT2D eigenvalue weighted by Gasteiger charge is -2.22. The highest BCUT2D eigenvalue weighted by Crippen LogP contribution is 2.36. The van der Waals surface area contributed by atoms with Crippen molar-refractivity contribution in [2.75, 3.05) is 25.6 Å². The van der Waals surface area contributed by atoms with E-state index < -0.39 is 0 Å². The van der Waals surface area contributed by atoms with Crippen molar-refractivity contribution >= 4 is 28.3 Å². The van der Waals surface area contributed by atoms with Crippen LogP contribution in [0, 0.1) is 5.92 Å². The third kappa shape index (κ3) is 4.11. The highest BCUT2D eigenvalue weighted by molar-refractivity contribution is 6.35.